The second-order valence-electron chi connectivity index (χ2n) is 7.70. The predicted octanol–water partition coefficient (Wildman–Crippen LogP) is 2.78. The fourth-order valence-electron chi connectivity index (χ4n) is 3.46. The van der Waals surface area contributed by atoms with Gasteiger partial charge in [0.15, 0.2) is 0 Å². The molecule has 170 valence electrons. The van der Waals surface area contributed by atoms with Crippen LogP contribution in [0.5, 0.6) is 0 Å². The second kappa shape index (κ2) is 9.63. The fraction of sp³-hybridized carbons (Fsp3) is 0.364. The van der Waals surface area contributed by atoms with E-state index in [2.05, 4.69) is 10.3 Å². The van der Waals surface area contributed by atoms with E-state index in [1.54, 1.807) is 29.5 Å². The van der Waals surface area contributed by atoms with E-state index >= 15 is 0 Å². The van der Waals surface area contributed by atoms with Crippen molar-refractivity contribution >= 4 is 43.2 Å². The maximum Gasteiger partial charge on any atom is 0.243 e. The van der Waals surface area contributed by atoms with Crippen LogP contribution < -0.4 is 5.32 Å². The van der Waals surface area contributed by atoms with Crippen LogP contribution in [0.4, 0.5) is 5.69 Å². The highest BCUT2D eigenvalue weighted by Crippen LogP contribution is 2.24. The number of para-hydroxylation sites is 1. The molecule has 4 rings (SSSR count). The van der Waals surface area contributed by atoms with E-state index in [1.165, 1.54) is 10.4 Å². The molecule has 32 heavy (non-hydrogen) atoms. The summed E-state index contributed by atoms with van der Waals surface area (Å²) >= 11 is 1.61. The van der Waals surface area contributed by atoms with Gasteiger partial charge in [0.25, 0.3) is 0 Å². The number of fused-ring (bicyclic) bond motifs is 1. The van der Waals surface area contributed by atoms with E-state index < -0.39 is 16.1 Å². The summed E-state index contributed by atoms with van der Waals surface area (Å²) in [4.78, 5) is 19.5. The number of rotatable bonds is 7. The molecular weight excluding hydrogens is 448 g/mol. The van der Waals surface area contributed by atoms with Crippen LogP contribution in [0.2, 0.25) is 0 Å². The molecule has 1 N–H and O–H groups in total. The van der Waals surface area contributed by atoms with Crippen molar-refractivity contribution in [3.8, 4) is 0 Å². The average molecular weight is 475 g/mol. The number of nitrogens with one attached hydrogen (secondary N) is 1. The molecule has 8 nitrogen and oxygen atoms in total. The summed E-state index contributed by atoms with van der Waals surface area (Å²) in [6.45, 7) is 3.78. The first kappa shape index (κ1) is 22.8. The molecule has 1 amide bonds. The summed E-state index contributed by atoms with van der Waals surface area (Å²) in [5.41, 5.74) is 1.40. The number of sulfonamides is 1. The van der Waals surface area contributed by atoms with Crippen molar-refractivity contribution in [1.29, 1.82) is 0 Å². The van der Waals surface area contributed by atoms with Gasteiger partial charge in [-0.15, -0.1) is 11.3 Å². The highest BCUT2D eigenvalue weighted by molar-refractivity contribution is 7.89. The first-order valence-electron chi connectivity index (χ1n) is 10.4. The first-order valence-corrected chi connectivity index (χ1v) is 12.6. The quantitative estimate of drug-likeness (QED) is 0.566. The Bertz CT molecular complexity index is 1170. The minimum Gasteiger partial charge on any atom is -0.379 e. The standard InChI is InChI=1S/C22H26N4O4S2/c1-16(25(2)15-21-24-19-8-3-4-9-20(19)31-21)22(27)23-17-6-5-7-18(14-17)32(28,29)26-10-12-30-13-11-26/h3-9,14,16H,10-13,15H2,1-2H3,(H,23,27). The van der Waals surface area contributed by atoms with Crippen LogP contribution in [0, 0.1) is 0 Å². The van der Waals surface area contributed by atoms with Crippen LogP contribution >= 0.6 is 11.3 Å². The smallest absolute Gasteiger partial charge is 0.243 e. The molecule has 1 unspecified atom stereocenters. The van der Waals surface area contributed by atoms with Gasteiger partial charge in [0.05, 0.1) is 40.9 Å². The molecule has 1 fully saturated rings. The number of aromatic nitrogens is 1. The topological polar surface area (TPSA) is 91.8 Å². The second-order valence-corrected chi connectivity index (χ2v) is 10.8. The molecule has 1 aliphatic rings. The maximum atomic E-state index is 12.9. The van der Waals surface area contributed by atoms with Crippen molar-refractivity contribution in [2.45, 2.75) is 24.4 Å². The van der Waals surface area contributed by atoms with Gasteiger partial charge in [-0.1, -0.05) is 18.2 Å². The molecule has 3 aromatic rings. The molecule has 10 heteroatoms. The third kappa shape index (κ3) is 5.00. The Morgan fingerprint density at radius 3 is 2.72 bits per heavy atom. The number of thiazole rings is 1. The molecule has 2 heterocycles. The minimum atomic E-state index is -3.63. The Kier molecular flexibility index (Phi) is 6.87. The van der Waals surface area contributed by atoms with Crippen LogP contribution in [-0.4, -0.2) is 67.9 Å². The summed E-state index contributed by atoms with van der Waals surface area (Å²) in [6, 6.07) is 13.9. The monoisotopic (exact) mass is 474 g/mol. The van der Waals surface area contributed by atoms with Gasteiger partial charge in [0.2, 0.25) is 15.9 Å². The highest BCUT2D eigenvalue weighted by atomic mass is 32.2. The zero-order valence-electron chi connectivity index (χ0n) is 18.0. The number of nitrogens with zero attached hydrogens (tertiary/aromatic N) is 3. The third-order valence-electron chi connectivity index (χ3n) is 5.47. The molecule has 1 aromatic heterocycles. The van der Waals surface area contributed by atoms with E-state index in [9.17, 15) is 13.2 Å². The number of ether oxygens (including phenoxy) is 1. The molecule has 1 aliphatic heterocycles. The van der Waals surface area contributed by atoms with Crippen molar-refractivity contribution in [3.63, 3.8) is 0 Å². The predicted molar refractivity (Wildman–Crippen MR) is 125 cm³/mol. The lowest BCUT2D eigenvalue weighted by Gasteiger charge is -2.26. The van der Waals surface area contributed by atoms with E-state index in [0.29, 0.717) is 38.5 Å². The fourth-order valence-corrected chi connectivity index (χ4v) is 5.94. The molecule has 0 radical (unpaired) electrons. The molecular formula is C22H26N4O4S2. The summed E-state index contributed by atoms with van der Waals surface area (Å²) < 4.78 is 33.5. The zero-order chi connectivity index (χ0) is 22.7. The average Bonchev–Trinajstić information content (AvgIpc) is 3.21. The maximum absolute atomic E-state index is 12.9. The molecule has 2 aromatic carbocycles. The summed E-state index contributed by atoms with van der Waals surface area (Å²) in [5, 5.41) is 3.78. The van der Waals surface area contributed by atoms with E-state index in [4.69, 9.17) is 4.74 Å². The minimum absolute atomic E-state index is 0.160. The lowest BCUT2D eigenvalue weighted by Crippen LogP contribution is -2.40. The molecule has 0 saturated carbocycles. The molecule has 0 aliphatic carbocycles. The number of morpholine rings is 1. The summed E-state index contributed by atoms with van der Waals surface area (Å²) in [7, 11) is -1.76. The van der Waals surface area contributed by atoms with Crippen LogP contribution in [0.15, 0.2) is 53.4 Å². The molecule has 1 saturated heterocycles. The SMILES string of the molecule is CC(C(=O)Nc1cccc(S(=O)(=O)N2CCOCC2)c1)N(C)Cc1nc2ccccc2s1. The van der Waals surface area contributed by atoms with Gasteiger partial charge in [-0.3, -0.25) is 9.69 Å². The Morgan fingerprint density at radius 1 is 1.22 bits per heavy atom. The van der Waals surface area contributed by atoms with Gasteiger partial charge in [-0.2, -0.15) is 4.31 Å². The highest BCUT2D eigenvalue weighted by Gasteiger charge is 2.27. The normalized spacial score (nSPS) is 16.3. The van der Waals surface area contributed by atoms with Crippen LogP contribution in [0.25, 0.3) is 10.2 Å². The van der Waals surface area contributed by atoms with Crippen molar-refractivity contribution in [2.75, 3.05) is 38.7 Å². The lowest BCUT2D eigenvalue weighted by atomic mass is 10.2. The van der Waals surface area contributed by atoms with Crippen LogP contribution in [-0.2, 0) is 26.1 Å². The molecule has 0 spiro atoms. The lowest BCUT2D eigenvalue weighted by molar-refractivity contribution is -0.120. The number of benzene rings is 2. The zero-order valence-corrected chi connectivity index (χ0v) is 19.7. The number of amides is 1. The number of likely N-dealkylation sites (N-methyl/N-ethyl adjacent to an activating group) is 1. The number of carbonyl (C=O) groups is 1. The third-order valence-corrected chi connectivity index (χ3v) is 8.39. The van der Waals surface area contributed by atoms with E-state index in [1.807, 2.05) is 43.1 Å². The molecule has 0 bridgehead atoms. The Balaban J connectivity index is 1.42. The Hall–Kier alpha value is -2.37. The number of hydrogen-bond donors (Lipinski definition) is 1. The van der Waals surface area contributed by atoms with Gasteiger partial charge in [-0.25, -0.2) is 13.4 Å². The Labute approximate surface area is 191 Å². The number of anilines is 1. The van der Waals surface area contributed by atoms with Gasteiger partial charge in [-0.05, 0) is 44.3 Å². The van der Waals surface area contributed by atoms with Gasteiger partial charge < -0.3 is 10.1 Å². The van der Waals surface area contributed by atoms with Crippen LogP contribution in [0.1, 0.15) is 11.9 Å². The van der Waals surface area contributed by atoms with Crippen LogP contribution in [0.3, 0.4) is 0 Å². The number of carbonyl (C=O) groups excluding carboxylic acids is 1. The number of hydrogen-bond acceptors (Lipinski definition) is 7. The van der Waals surface area contributed by atoms with Gasteiger partial charge >= 0.3 is 0 Å². The van der Waals surface area contributed by atoms with Crippen molar-refractivity contribution in [3.05, 3.63) is 53.5 Å². The van der Waals surface area contributed by atoms with E-state index in [-0.39, 0.29) is 10.8 Å². The van der Waals surface area contributed by atoms with Gasteiger partial charge in [0, 0.05) is 18.8 Å². The van der Waals surface area contributed by atoms with Gasteiger partial charge in [0.1, 0.15) is 5.01 Å². The van der Waals surface area contributed by atoms with Crippen molar-refractivity contribution in [2.24, 2.45) is 0 Å². The largest absolute Gasteiger partial charge is 0.379 e. The van der Waals surface area contributed by atoms with E-state index in [0.717, 1.165) is 15.2 Å². The first-order chi connectivity index (χ1) is 15.3. The summed E-state index contributed by atoms with van der Waals surface area (Å²) in [6.07, 6.45) is 0. The van der Waals surface area contributed by atoms with Crippen molar-refractivity contribution in [1.82, 2.24) is 14.2 Å². The Morgan fingerprint density at radius 2 is 1.97 bits per heavy atom. The molecule has 1 atom stereocenters. The van der Waals surface area contributed by atoms with Crippen molar-refractivity contribution < 1.29 is 17.9 Å². The summed E-state index contributed by atoms with van der Waals surface area (Å²) in [5.74, 6) is -0.213.